The van der Waals surface area contributed by atoms with E-state index in [4.69, 9.17) is 23.2 Å². The number of carboxylic acid groups (broad SMARTS) is 4. The summed E-state index contributed by atoms with van der Waals surface area (Å²) in [7, 11) is 0. The number of ketones is 2. The average molecular weight is 729 g/mol. The van der Waals surface area contributed by atoms with Crippen LogP contribution in [0.4, 0.5) is 22.7 Å². The summed E-state index contributed by atoms with van der Waals surface area (Å²) in [5.74, 6) is -10.3. The van der Waals surface area contributed by atoms with E-state index in [0.717, 1.165) is 50.2 Å². The predicted molar refractivity (Wildman–Crippen MR) is 172 cm³/mol. The maximum absolute atomic E-state index is 13.0. The second kappa shape index (κ2) is 16.1. The van der Waals surface area contributed by atoms with E-state index in [0.29, 0.717) is 0 Å². The van der Waals surface area contributed by atoms with Gasteiger partial charge in [-0.1, -0.05) is 35.3 Å². The first kappa shape index (κ1) is 38.1. The molecule has 0 aliphatic heterocycles. The number of rotatable bonds is 14. The van der Waals surface area contributed by atoms with Gasteiger partial charge >= 0.3 is 23.9 Å². The summed E-state index contributed by atoms with van der Waals surface area (Å²) in [6.45, 7) is 1.97. The van der Waals surface area contributed by atoms with Gasteiger partial charge in [0.15, 0.2) is 11.6 Å². The van der Waals surface area contributed by atoms with Crippen molar-refractivity contribution in [3.8, 4) is 0 Å². The zero-order valence-electron chi connectivity index (χ0n) is 25.4. The highest BCUT2D eigenvalue weighted by atomic mass is 35.5. The van der Waals surface area contributed by atoms with Gasteiger partial charge in [-0.3, -0.25) is 19.2 Å². The molecule has 2 atom stereocenters. The topological polar surface area (TPSA) is 291 Å². The first-order valence-electron chi connectivity index (χ1n) is 13.6. The van der Waals surface area contributed by atoms with Gasteiger partial charge < -0.3 is 31.1 Å². The quantitative estimate of drug-likeness (QED) is 0.0928. The van der Waals surface area contributed by atoms with Crippen molar-refractivity contribution in [1.29, 1.82) is 0 Å². The molecule has 0 saturated heterocycles. The molecule has 0 aromatic heterocycles. The Morgan fingerprint density at radius 3 is 1.20 bits per heavy atom. The molecule has 0 saturated carbocycles. The van der Waals surface area contributed by atoms with Gasteiger partial charge in [0.1, 0.15) is 22.5 Å². The highest BCUT2D eigenvalue weighted by molar-refractivity contribution is 6.38. The number of carbonyl (C=O) groups is 8. The summed E-state index contributed by atoms with van der Waals surface area (Å²) in [5.41, 5.74) is -3.96. The third-order valence-electron chi connectivity index (χ3n) is 6.37. The molecule has 20 heteroatoms. The minimum atomic E-state index is -1.86. The monoisotopic (exact) mass is 728 g/mol. The molecule has 2 unspecified atom stereocenters. The van der Waals surface area contributed by atoms with Crippen molar-refractivity contribution in [2.45, 2.75) is 25.9 Å². The van der Waals surface area contributed by atoms with Crippen LogP contribution in [0.15, 0.2) is 69.0 Å². The minimum absolute atomic E-state index is 0.192. The molecule has 0 fully saturated rings. The highest BCUT2D eigenvalue weighted by Crippen LogP contribution is 2.33. The number of nitrogens with zero attached hydrogens (tertiary/aromatic N) is 4. The number of carbonyl (C=O) groups excluding carboxylic acids is 4. The van der Waals surface area contributed by atoms with Crippen molar-refractivity contribution >= 4 is 93.2 Å². The van der Waals surface area contributed by atoms with Crippen molar-refractivity contribution < 1.29 is 58.8 Å². The van der Waals surface area contributed by atoms with Gasteiger partial charge in [0, 0.05) is 0 Å². The number of azo groups is 2. The zero-order valence-corrected chi connectivity index (χ0v) is 26.9. The lowest BCUT2D eigenvalue weighted by molar-refractivity contribution is -0.127. The summed E-state index contributed by atoms with van der Waals surface area (Å²) in [6.07, 6.45) is 0. The summed E-state index contributed by atoms with van der Waals surface area (Å²) in [4.78, 5) is 96.6. The number of anilines is 2. The molecular formula is C30H22Cl2N6O12. The third kappa shape index (κ3) is 8.94. The summed E-state index contributed by atoms with van der Waals surface area (Å²) >= 11 is 12.5. The zero-order chi connectivity index (χ0) is 37.4. The van der Waals surface area contributed by atoms with E-state index in [1.54, 1.807) is 0 Å². The molecule has 3 rings (SSSR count). The number of hydrogen-bond donors (Lipinski definition) is 6. The van der Waals surface area contributed by atoms with Crippen LogP contribution in [0.3, 0.4) is 0 Å². The van der Waals surface area contributed by atoms with Crippen molar-refractivity contribution in [1.82, 2.24) is 0 Å². The van der Waals surface area contributed by atoms with Crippen molar-refractivity contribution in [2.75, 3.05) is 10.6 Å². The molecule has 258 valence electrons. The Bertz CT molecular complexity index is 1890. The molecule has 6 N–H and O–H groups in total. The lowest BCUT2D eigenvalue weighted by atomic mass is 10.1. The molecule has 0 spiro atoms. The van der Waals surface area contributed by atoms with Gasteiger partial charge in [-0.15, -0.1) is 0 Å². The fourth-order valence-electron chi connectivity index (χ4n) is 4.07. The van der Waals surface area contributed by atoms with E-state index < -0.39 is 93.0 Å². The highest BCUT2D eigenvalue weighted by Gasteiger charge is 2.28. The molecule has 0 aliphatic rings. The van der Waals surface area contributed by atoms with Gasteiger partial charge in [-0.05, 0) is 50.2 Å². The van der Waals surface area contributed by atoms with Crippen LogP contribution < -0.4 is 10.6 Å². The fourth-order valence-corrected chi connectivity index (χ4v) is 4.49. The Morgan fingerprint density at radius 1 is 0.580 bits per heavy atom. The van der Waals surface area contributed by atoms with E-state index in [9.17, 15) is 58.8 Å². The lowest BCUT2D eigenvalue weighted by Crippen LogP contribution is -2.32. The predicted octanol–water partition coefficient (Wildman–Crippen LogP) is 5.15. The number of nitrogens with one attached hydrogen (secondary N) is 2. The number of aromatic carboxylic acids is 4. The van der Waals surface area contributed by atoms with Gasteiger partial charge in [-0.2, -0.15) is 20.5 Å². The van der Waals surface area contributed by atoms with Crippen molar-refractivity contribution in [3.63, 3.8) is 0 Å². The average Bonchev–Trinajstić information content (AvgIpc) is 3.02. The van der Waals surface area contributed by atoms with Gasteiger partial charge in [0.2, 0.25) is 12.1 Å². The maximum Gasteiger partial charge on any atom is 0.338 e. The van der Waals surface area contributed by atoms with Crippen LogP contribution >= 0.6 is 23.2 Å². The van der Waals surface area contributed by atoms with Crippen molar-refractivity contribution in [3.05, 3.63) is 80.8 Å². The van der Waals surface area contributed by atoms with E-state index in [1.165, 1.54) is 12.1 Å². The number of amides is 2. The Hall–Kier alpha value is -6.40. The second-order valence-electron chi connectivity index (χ2n) is 9.87. The van der Waals surface area contributed by atoms with Crippen LogP contribution in [0.5, 0.6) is 0 Å². The van der Waals surface area contributed by atoms with Crippen LogP contribution in [-0.2, 0) is 19.2 Å². The number of carboxylic acids is 4. The molecule has 50 heavy (non-hydrogen) atoms. The summed E-state index contributed by atoms with van der Waals surface area (Å²) < 4.78 is 0. The van der Waals surface area contributed by atoms with Crippen LogP contribution in [0, 0.1) is 0 Å². The lowest BCUT2D eigenvalue weighted by Gasteiger charge is -2.15. The standard InChI is InChI=1S/C30H22Cl2N6O12/c1-11(39)23(37-35-17-7-3-5-13(27(43)44)21(17)29(47)48)25(41)33-19-9-16(32)20(10-15(19)31)34-26(42)24(12(2)40)38-36-18-8-4-6-14(28(45)46)22(18)30(49)50/h3-10,23-24H,1-2H3,(H,33,41)(H,34,42)(H,43,44)(H,45,46)(H,47,48)(H,49,50)/b37-35+,38-36+. The molecule has 3 aromatic rings. The Kier molecular flexibility index (Phi) is 12.3. The minimum Gasteiger partial charge on any atom is -0.478 e. The number of benzene rings is 3. The van der Waals surface area contributed by atoms with Gasteiger partial charge in [0.25, 0.3) is 11.8 Å². The van der Waals surface area contributed by atoms with Crippen LogP contribution in [0.2, 0.25) is 10.0 Å². The first-order chi connectivity index (χ1) is 23.4. The normalized spacial score (nSPS) is 12.2. The van der Waals surface area contributed by atoms with Crippen LogP contribution in [0.25, 0.3) is 0 Å². The second-order valence-corrected chi connectivity index (χ2v) is 10.7. The van der Waals surface area contributed by atoms with Crippen LogP contribution in [0.1, 0.15) is 55.3 Å². The van der Waals surface area contributed by atoms with Gasteiger partial charge in [-0.25, -0.2) is 19.2 Å². The SMILES string of the molecule is CC(=O)C(/N=N/c1cccc(C(=O)O)c1C(=O)O)C(=O)Nc1cc(Cl)c(NC(=O)C(/N=N/c2cccc(C(=O)O)c2C(=O)O)C(C)=O)cc1Cl. The fraction of sp³-hybridized carbons (Fsp3) is 0.133. The Labute approximate surface area is 289 Å². The molecule has 0 heterocycles. The molecule has 18 nitrogen and oxygen atoms in total. The third-order valence-corrected chi connectivity index (χ3v) is 7.00. The molecule has 2 amide bonds. The maximum atomic E-state index is 13.0. The molecule has 0 radical (unpaired) electrons. The summed E-state index contributed by atoms with van der Waals surface area (Å²) in [5, 5.41) is 56.0. The Morgan fingerprint density at radius 2 is 0.920 bits per heavy atom. The Balaban J connectivity index is 1.85. The first-order valence-corrected chi connectivity index (χ1v) is 14.3. The molecule has 0 aliphatic carbocycles. The van der Waals surface area contributed by atoms with E-state index in [-0.39, 0.29) is 21.4 Å². The molecule has 0 bridgehead atoms. The number of hydrogen-bond acceptors (Lipinski definition) is 12. The number of halogens is 2. The summed E-state index contributed by atoms with van der Waals surface area (Å²) in [6, 6.07) is 5.03. The smallest absolute Gasteiger partial charge is 0.338 e. The number of Topliss-reactive ketones (excluding diaryl/α,β-unsaturated/α-hetero) is 2. The van der Waals surface area contributed by atoms with E-state index in [2.05, 4.69) is 31.1 Å². The molecule has 3 aromatic carbocycles. The van der Waals surface area contributed by atoms with Crippen molar-refractivity contribution in [2.24, 2.45) is 20.5 Å². The van der Waals surface area contributed by atoms with Gasteiger partial charge in [0.05, 0.1) is 32.5 Å². The molecular weight excluding hydrogens is 707 g/mol. The van der Waals surface area contributed by atoms with E-state index >= 15 is 0 Å². The van der Waals surface area contributed by atoms with E-state index in [1.807, 2.05) is 0 Å². The van der Waals surface area contributed by atoms with Crippen LogP contribution in [-0.4, -0.2) is 79.8 Å². The largest absolute Gasteiger partial charge is 0.478 e.